The minimum Gasteiger partial charge on any atom is -0.494 e. The number of benzene rings is 2. The Bertz CT molecular complexity index is 865. The fourth-order valence-electron chi connectivity index (χ4n) is 2.09. The molecule has 0 atom stereocenters. The summed E-state index contributed by atoms with van der Waals surface area (Å²) < 4.78 is 32.6. The van der Waals surface area contributed by atoms with Crippen molar-refractivity contribution >= 4 is 33.2 Å². The fourth-order valence-corrected chi connectivity index (χ4v) is 3.40. The van der Waals surface area contributed by atoms with Crippen molar-refractivity contribution in [3.8, 4) is 5.75 Å². The molecule has 0 saturated carbocycles. The lowest BCUT2D eigenvalue weighted by molar-refractivity contribution is 0.0828. The van der Waals surface area contributed by atoms with Crippen LogP contribution in [-0.4, -0.2) is 39.9 Å². The number of rotatable bonds is 6. The van der Waals surface area contributed by atoms with E-state index in [1.54, 1.807) is 26.2 Å². The van der Waals surface area contributed by atoms with Crippen LogP contribution in [0, 0.1) is 0 Å². The van der Waals surface area contributed by atoms with Crippen molar-refractivity contribution < 1.29 is 17.9 Å². The number of nitrogens with zero attached hydrogens (tertiary/aromatic N) is 1. The summed E-state index contributed by atoms with van der Waals surface area (Å²) in [5.41, 5.74) is 0.574. The number of carbonyl (C=O) groups is 1. The number of ether oxygens (including phenoxy) is 1. The van der Waals surface area contributed by atoms with Crippen LogP contribution in [0.5, 0.6) is 5.75 Å². The van der Waals surface area contributed by atoms with Gasteiger partial charge in [0.1, 0.15) is 5.75 Å². The van der Waals surface area contributed by atoms with E-state index < -0.39 is 10.0 Å². The van der Waals surface area contributed by atoms with E-state index in [0.717, 1.165) is 0 Å². The highest BCUT2D eigenvalue weighted by Crippen LogP contribution is 2.24. The van der Waals surface area contributed by atoms with E-state index >= 15 is 0 Å². The Kier molecular flexibility index (Phi) is 5.92. The maximum absolute atomic E-state index is 12.4. The lowest BCUT2D eigenvalue weighted by atomic mass is 10.2. The van der Waals surface area contributed by atoms with Crippen molar-refractivity contribution in [2.45, 2.75) is 11.8 Å². The molecule has 0 spiro atoms. The van der Waals surface area contributed by atoms with Gasteiger partial charge in [-0.05, 0) is 49.4 Å². The lowest BCUT2D eigenvalue weighted by Gasteiger charge is -2.13. The zero-order chi connectivity index (χ0) is 18.6. The molecule has 0 bridgehead atoms. The van der Waals surface area contributed by atoms with Gasteiger partial charge in [0, 0.05) is 14.1 Å². The number of carbonyl (C=O) groups excluding carboxylic acids is 1. The summed E-state index contributed by atoms with van der Waals surface area (Å²) >= 11 is 6.10. The molecule has 0 fully saturated rings. The van der Waals surface area contributed by atoms with E-state index in [1.807, 2.05) is 6.92 Å². The van der Waals surface area contributed by atoms with Gasteiger partial charge in [0.05, 0.1) is 27.8 Å². The highest BCUT2D eigenvalue weighted by atomic mass is 35.5. The molecule has 25 heavy (non-hydrogen) atoms. The Morgan fingerprint density at radius 3 is 2.32 bits per heavy atom. The summed E-state index contributed by atoms with van der Waals surface area (Å²) in [6.07, 6.45) is 0. The van der Waals surface area contributed by atoms with Gasteiger partial charge in [0.25, 0.3) is 15.9 Å². The quantitative estimate of drug-likeness (QED) is 0.832. The number of nitrogens with one attached hydrogen (secondary N) is 1. The molecule has 1 amide bonds. The third kappa shape index (κ3) is 4.64. The van der Waals surface area contributed by atoms with E-state index in [0.29, 0.717) is 17.9 Å². The maximum Gasteiger partial charge on any atom is 0.261 e. The van der Waals surface area contributed by atoms with Crippen LogP contribution in [0.25, 0.3) is 0 Å². The summed E-state index contributed by atoms with van der Waals surface area (Å²) in [6, 6.07) is 10.5. The first-order valence-corrected chi connectivity index (χ1v) is 9.37. The lowest BCUT2D eigenvalue weighted by Crippen LogP contribution is -2.22. The smallest absolute Gasteiger partial charge is 0.261 e. The van der Waals surface area contributed by atoms with Crippen LogP contribution in [-0.2, 0) is 10.0 Å². The molecule has 134 valence electrons. The van der Waals surface area contributed by atoms with Crippen molar-refractivity contribution in [2.24, 2.45) is 0 Å². The third-order valence-electron chi connectivity index (χ3n) is 3.30. The van der Waals surface area contributed by atoms with Gasteiger partial charge in [-0.2, -0.15) is 0 Å². The minimum absolute atomic E-state index is 0.0977. The number of amides is 1. The maximum atomic E-state index is 12.4. The molecule has 0 aliphatic rings. The predicted molar refractivity (Wildman–Crippen MR) is 97.9 cm³/mol. The number of anilines is 1. The topological polar surface area (TPSA) is 75.7 Å². The molecule has 0 aliphatic heterocycles. The molecule has 2 aromatic rings. The molecule has 0 aliphatic carbocycles. The molecule has 1 N–H and O–H groups in total. The first kappa shape index (κ1) is 19.1. The van der Waals surface area contributed by atoms with Crippen LogP contribution in [0.15, 0.2) is 47.4 Å². The van der Waals surface area contributed by atoms with Gasteiger partial charge in [-0.15, -0.1) is 0 Å². The number of sulfonamides is 1. The second kappa shape index (κ2) is 7.76. The molecule has 6 nitrogen and oxygen atoms in total. The SMILES string of the molecule is CCOc1ccc(S(=O)(=O)Nc2ccc(C(=O)N(C)C)c(Cl)c2)cc1. The van der Waals surface area contributed by atoms with Gasteiger partial charge in [-0.3, -0.25) is 9.52 Å². The molecular weight excluding hydrogens is 364 g/mol. The van der Waals surface area contributed by atoms with Crippen molar-refractivity contribution in [3.05, 3.63) is 53.1 Å². The van der Waals surface area contributed by atoms with Crippen molar-refractivity contribution in [2.75, 3.05) is 25.4 Å². The first-order valence-electron chi connectivity index (χ1n) is 7.51. The number of halogens is 1. The van der Waals surface area contributed by atoms with Crippen LogP contribution in [0.1, 0.15) is 17.3 Å². The second-order valence-electron chi connectivity index (χ2n) is 5.40. The summed E-state index contributed by atoms with van der Waals surface area (Å²) in [6.45, 7) is 2.35. The van der Waals surface area contributed by atoms with Gasteiger partial charge in [0.15, 0.2) is 0 Å². The van der Waals surface area contributed by atoms with Crippen LogP contribution in [0.4, 0.5) is 5.69 Å². The highest BCUT2D eigenvalue weighted by molar-refractivity contribution is 7.92. The molecule has 0 aromatic heterocycles. The summed E-state index contributed by atoms with van der Waals surface area (Å²) in [7, 11) is -0.546. The van der Waals surface area contributed by atoms with Crippen LogP contribution in [0.2, 0.25) is 5.02 Å². The van der Waals surface area contributed by atoms with Crippen LogP contribution < -0.4 is 9.46 Å². The Morgan fingerprint density at radius 2 is 1.80 bits per heavy atom. The summed E-state index contributed by atoms with van der Waals surface area (Å²) in [4.78, 5) is 13.5. The summed E-state index contributed by atoms with van der Waals surface area (Å²) in [5, 5.41) is 0.172. The van der Waals surface area contributed by atoms with Gasteiger partial charge >= 0.3 is 0 Å². The Labute approximate surface area is 152 Å². The standard InChI is InChI=1S/C17H19ClN2O4S/c1-4-24-13-6-8-14(9-7-13)25(22,23)19-12-5-10-15(16(18)11-12)17(21)20(2)3/h5-11,19H,4H2,1-3H3. The Hall–Kier alpha value is -2.25. The molecule has 0 heterocycles. The third-order valence-corrected chi connectivity index (χ3v) is 5.01. The zero-order valence-electron chi connectivity index (χ0n) is 14.1. The molecule has 0 radical (unpaired) electrons. The Morgan fingerprint density at radius 1 is 1.16 bits per heavy atom. The van der Waals surface area contributed by atoms with E-state index in [1.165, 1.54) is 35.2 Å². The normalized spacial score (nSPS) is 11.0. The molecule has 2 aromatic carbocycles. The number of hydrogen-bond acceptors (Lipinski definition) is 4. The van der Waals surface area contributed by atoms with Gasteiger partial charge in [-0.25, -0.2) is 8.42 Å². The largest absolute Gasteiger partial charge is 0.494 e. The van der Waals surface area contributed by atoms with Gasteiger partial charge in [-0.1, -0.05) is 11.6 Å². The van der Waals surface area contributed by atoms with Gasteiger partial charge in [0.2, 0.25) is 0 Å². The summed E-state index contributed by atoms with van der Waals surface area (Å²) in [5.74, 6) is 0.335. The number of hydrogen-bond donors (Lipinski definition) is 1. The molecular formula is C17H19ClN2O4S. The fraction of sp³-hybridized carbons (Fsp3) is 0.235. The van der Waals surface area contributed by atoms with Crippen molar-refractivity contribution in [1.82, 2.24) is 4.90 Å². The molecule has 8 heteroatoms. The average molecular weight is 383 g/mol. The highest BCUT2D eigenvalue weighted by Gasteiger charge is 2.17. The molecule has 0 saturated heterocycles. The molecule has 2 rings (SSSR count). The average Bonchev–Trinajstić information content (AvgIpc) is 2.55. The predicted octanol–water partition coefficient (Wildman–Crippen LogP) is 3.24. The zero-order valence-corrected chi connectivity index (χ0v) is 15.7. The van der Waals surface area contributed by atoms with Crippen LogP contribution in [0.3, 0.4) is 0 Å². The van der Waals surface area contributed by atoms with Gasteiger partial charge < -0.3 is 9.64 Å². The van der Waals surface area contributed by atoms with Crippen LogP contribution >= 0.6 is 11.6 Å². The van der Waals surface area contributed by atoms with Crippen molar-refractivity contribution in [3.63, 3.8) is 0 Å². The first-order chi connectivity index (χ1) is 11.7. The molecule has 0 unspecified atom stereocenters. The van der Waals surface area contributed by atoms with E-state index in [2.05, 4.69) is 4.72 Å². The van der Waals surface area contributed by atoms with E-state index in [-0.39, 0.29) is 21.5 Å². The van der Waals surface area contributed by atoms with E-state index in [9.17, 15) is 13.2 Å². The Balaban J connectivity index is 2.23. The van der Waals surface area contributed by atoms with Crippen molar-refractivity contribution in [1.29, 1.82) is 0 Å². The van der Waals surface area contributed by atoms with E-state index in [4.69, 9.17) is 16.3 Å². The second-order valence-corrected chi connectivity index (χ2v) is 7.49. The monoisotopic (exact) mass is 382 g/mol. The minimum atomic E-state index is -3.77.